The Morgan fingerprint density at radius 3 is 1.57 bits per heavy atom. The van der Waals surface area contributed by atoms with Crippen molar-refractivity contribution in [2.24, 2.45) is 0 Å². The minimum Gasteiger partial charge on any atom is -0.488 e. The molecule has 0 heterocycles. The molecule has 0 aromatic heterocycles. The first kappa shape index (κ1) is 32.4. The highest BCUT2D eigenvalue weighted by atomic mass is 79.9. The largest absolute Gasteiger partial charge is 0.488 e. The van der Waals surface area contributed by atoms with Crippen LogP contribution in [0.3, 0.4) is 0 Å². The molecule has 0 radical (unpaired) electrons. The number of halogens is 3. The van der Waals surface area contributed by atoms with E-state index in [9.17, 15) is 10.0 Å². The van der Waals surface area contributed by atoms with E-state index in [2.05, 4.69) is 28.1 Å². The van der Waals surface area contributed by atoms with Gasteiger partial charge in [-0.2, -0.15) is 0 Å². The van der Waals surface area contributed by atoms with E-state index in [4.69, 9.17) is 32.7 Å². The molecule has 2 aliphatic rings. The molecule has 0 saturated heterocycles. The van der Waals surface area contributed by atoms with Crippen LogP contribution in [0.25, 0.3) is 11.1 Å². The number of rotatable bonds is 9. The lowest BCUT2D eigenvalue weighted by Gasteiger charge is -2.15. The predicted molar refractivity (Wildman–Crippen MR) is 185 cm³/mol. The van der Waals surface area contributed by atoms with Crippen molar-refractivity contribution in [1.82, 2.24) is 0 Å². The highest BCUT2D eigenvalue weighted by molar-refractivity contribution is 9.11. The fraction of sp³-hybridized carbons (Fsp3) is 0.222. The van der Waals surface area contributed by atoms with E-state index in [0.29, 0.717) is 35.9 Å². The van der Waals surface area contributed by atoms with Crippen molar-refractivity contribution in [2.75, 3.05) is 0 Å². The minimum atomic E-state index is -1.42. The van der Waals surface area contributed by atoms with Crippen LogP contribution in [-0.4, -0.2) is 17.2 Å². The zero-order valence-corrected chi connectivity index (χ0v) is 27.4. The first-order valence-corrected chi connectivity index (χ1v) is 16.3. The van der Waals surface area contributed by atoms with E-state index in [0.717, 1.165) is 64.3 Å². The molecule has 4 aromatic carbocycles. The average Bonchev–Trinajstić information content (AvgIpc) is 3.71. The quantitative estimate of drug-likeness (QED) is 0.172. The molecule has 2 aliphatic carbocycles. The average molecular weight is 692 g/mol. The molecule has 0 aliphatic heterocycles. The van der Waals surface area contributed by atoms with Crippen LogP contribution in [0.4, 0.5) is 0 Å². The fourth-order valence-electron chi connectivity index (χ4n) is 5.55. The first-order valence-electron chi connectivity index (χ1n) is 14.8. The van der Waals surface area contributed by atoms with E-state index in [1.54, 1.807) is 6.07 Å². The van der Waals surface area contributed by atoms with Crippen molar-refractivity contribution in [3.8, 4) is 11.5 Å². The number of allylic oxidation sites excluding steroid dienone is 4. The summed E-state index contributed by atoms with van der Waals surface area (Å²) >= 11 is 16.0. The molecule has 8 heteroatoms. The van der Waals surface area contributed by atoms with Gasteiger partial charge in [0.25, 0.3) is 0 Å². The minimum absolute atomic E-state index is 0.458. The molecule has 4 nitrogen and oxygen atoms in total. The van der Waals surface area contributed by atoms with Gasteiger partial charge in [-0.25, -0.2) is 0 Å². The van der Waals surface area contributed by atoms with Crippen LogP contribution in [0, 0.1) is 0 Å². The summed E-state index contributed by atoms with van der Waals surface area (Å²) in [4.78, 5) is 0. The van der Waals surface area contributed by atoms with Crippen LogP contribution in [0.5, 0.6) is 11.5 Å². The van der Waals surface area contributed by atoms with Crippen LogP contribution in [-0.2, 0) is 13.2 Å². The molecule has 2 N–H and O–H groups in total. The molecule has 44 heavy (non-hydrogen) atoms. The molecule has 0 atom stereocenters. The van der Waals surface area contributed by atoms with E-state index in [1.165, 1.54) is 16.5 Å². The molecule has 226 valence electrons. The summed E-state index contributed by atoms with van der Waals surface area (Å²) < 4.78 is 13.3. The highest BCUT2D eigenvalue weighted by Crippen LogP contribution is 2.42. The summed E-state index contributed by atoms with van der Waals surface area (Å²) in [5.41, 5.74) is 7.13. The predicted octanol–water partition coefficient (Wildman–Crippen LogP) is 10.1. The van der Waals surface area contributed by atoms with Crippen LogP contribution in [0.1, 0.15) is 60.8 Å². The Hall–Kier alpha value is -3.00. The lowest BCUT2D eigenvalue weighted by Crippen LogP contribution is -2.15. The van der Waals surface area contributed by atoms with Gasteiger partial charge in [-0.05, 0) is 107 Å². The van der Waals surface area contributed by atoms with Crippen molar-refractivity contribution in [3.05, 3.63) is 139 Å². The topological polar surface area (TPSA) is 58.9 Å². The van der Waals surface area contributed by atoms with Gasteiger partial charge in [-0.3, -0.25) is 0 Å². The van der Waals surface area contributed by atoms with Gasteiger partial charge < -0.3 is 19.5 Å². The summed E-state index contributed by atoms with van der Waals surface area (Å²) in [5, 5.41) is 20.5. The number of benzene rings is 4. The lowest BCUT2D eigenvalue weighted by molar-refractivity contribution is 0.305. The van der Waals surface area contributed by atoms with Gasteiger partial charge in [-0.1, -0.05) is 99.8 Å². The normalized spacial score (nSPS) is 14.4. The molecular weight excluding hydrogens is 658 g/mol. The molecule has 0 amide bonds. The maximum absolute atomic E-state index is 9.58. The smallest absolute Gasteiger partial charge is 0.484 e. The Bertz CT molecular complexity index is 1620. The van der Waals surface area contributed by atoms with E-state index < -0.39 is 7.12 Å². The molecule has 6 rings (SSSR count). The monoisotopic (exact) mass is 690 g/mol. The second kappa shape index (κ2) is 15.8. The van der Waals surface area contributed by atoms with Crippen molar-refractivity contribution in [2.45, 2.75) is 51.7 Å². The van der Waals surface area contributed by atoms with Crippen molar-refractivity contribution < 1.29 is 19.5 Å². The van der Waals surface area contributed by atoms with Crippen LogP contribution in [0.15, 0.2) is 107 Å². The molecule has 0 unspecified atom stereocenters. The SMILES string of the molecule is Clc1ccc(OCc2ccccc2)c(C2=C(Br)CCC2)c1.OB(O)C1=C(c2cc(Cl)ccc2OCc2ccccc2)CCC1. The van der Waals surface area contributed by atoms with Gasteiger partial charge >= 0.3 is 7.12 Å². The Morgan fingerprint density at radius 1 is 0.614 bits per heavy atom. The molecule has 0 fully saturated rings. The Balaban J connectivity index is 0.000000175. The molecule has 4 aromatic rings. The molecule has 0 spiro atoms. The van der Waals surface area contributed by atoms with Crippen LogP contribution < -0.4 is 9.47 Å². The first-order chi connectivity index (χ1) is 21.4. The zero-order valence-electron chi connectivity index (χ0n) is 24.3. The third-order valence-corrected chi connectivity index (χ3v) is 9.08. The third kappa shape index (κ3) is 8.59. The maximum atomic E-state index is 9.58. The standard InChI is InChI=1S/C18H18BClO3.C18H16BrClO/c20-14-9-10-18(23-12-13-5-2-1-3-6-13)16(11-14)15-7-4-8-17(15)19(21)22;19-17-8-4-7-15(17)16-11-14(20)9-10-18(16)21-12-13-5-2-1-3-6-13/h1-3,5-6,9-11,21-22H,4,7-8,12H2;1-3,5-6,9-11H,4,7-8,12H2. The van der Waals surface area contributed by atoms with Gasteiger partial charge in [0.1, 0.15) is 24.7 Å². The second-order valence-electron chi connectivity index (χ2n) is 10.8. The number of hydrogen-bond donors (Lipinski definition) is 2. The Labute approximate surface area is 278 Å². The fourth-order valence-corrected chi connectivity index (χ4v) is 6.58. The van der Waals surface area contributed by atoms with Gasteiger partial charge in [0.15, 0.2) is 0 Å². The summed E-state index contributed by atoms with van der Waals surface area (Å²) in [7, 11) is -1.42. The number of ether oxygens (including phenoxy) is 2. The van der Waals surface area contributed by atoms with E-state index in [1.807, 2.05) is 78.9 Å². The summed E-state index contributed by atoms with van der Waals surface area (Å²) in [6, 6.07) is 31.4. The van der Waals surface area contributed by atoms with Gasteiger partial charge in [-0.15, -0.1) is 0 Å². The van der Waals surface area contributed by atoms with E-state index >= 15 is 0 Å². The Morgan fingerprint density at radius 2 is 1.09 bits per heavy atom. The van der Waals surface area contributed by atoms with Crippen molar-refractivity contribution in [3.63, 3.8) is 0 Å². The summed E-state index contributed by atoms with van der Waals surface area (Å²) in [5.74, 6) is 1.62. The van der Waals surface area contributed by atoms with Gasteiger partial charge in [0.2, 0.25) is 0 Å². The zero-order chi connectivity index (χ0) is 30.9. The van der Waals surface area contributed by atoms with Gasteiger partial charge in [0.05, 0.1) is 0 Å². The molecule has 0 saturated carbocycles. The van der Waals surface area contributed by atoms with Crippen LogP contribution in [0.2, 0.25) is 10.0 Å². The number of hydrogen-bond acceptors (Lipinski definition) is 4. The highest BCUT2D eigenvalue weighted by Gasteiger charge is 2.27. The lowest BCUT2D eigenvalue weighted by atomic mass is 9.75. The molecule has 0 bridgehead atoms. The molecular formula is C36H34BBrCl2O4. The summed E-state index contributed by atoms with van der Waals surface area (Å²) in [6.45, 7) is 1.03. The van der Waals surface area contributed by atoms with Crippen LogP contribution >= 0.6 is 39.1 Å². The van der Waals surface area contributed by atoms with E-state index in [-0.39, 0.29) is 0 Å². The Kier molecular flexibility index (Phi) is 11.7. The van der Waals surface area contributed by atoms with Gasteiger partial charge in [0, 0.05) is 21.2 Å². The summed E-state index contributed by atoms with van der Waals surface area (Å²) in [6.07, 6.45) is 5.75. The van der Waals surface area contributed by atoms with Crippen molar-refractivity contribution >= 4 is 57.4 Å². The maximum Gasteiger partial charge on any atom is 0.484 e. The second-order valence-corrected chi connectivity index (χ2v) is 12.6. The third-order valence-electron chi connectivity index (χ3n) is 7.73. The van der Waals surface area contributed by atoms with Crippen molar-refractivity contribution in [1.29, 1.82) is 0 Å².